The summed E-state index contributed by atoms with van der Waals surface area (Å²) in [4.78, 5) is 0. The second kappa shape index (κ2) is 10.4. The van der Waals surface area contributed by atoms with Crippen LogP contribution in [0.15, 0.2) is 45.8 Å². The fourth-order valence-corrected chi connectivity index (χ4v) is 1.36. The van der Waals surface area contributed by atoms with Gasteiger partial charge in [-0.1, -0.05) is 24.3 Å². The van der Waals surface area contributed by atoms with Crippen LogP contribution in [0.5, 0.6) is 0 Å². The number of rotatable bonds is 0. The molecule has 2 rings (SSSR count). The maximum Gasteiger partial charge on any atom is 0.197 e. The molecule has 64 valence electrons. The summed E-state index contributed by atoms with van der Waals surface area (Å²) in [6, 6.07) is 8.07. The maximum atomic E-state index is 7.83. The molecule has 0 aromatic carbocycles. The number of thiophene rings is 2. The molecule has 12 heavy (non-hydrogen) atoms. The van der Waals surface area contributed by atoms with Crippen LogP contribution in [0, 0.1) is 0 Å². The second-order valence-corrected chi connectivity index (χ2v) is 3.22. The standard InChI is InChI=1S/2C4H4S.OS/c2*1-2-4-5-3-1;1-2/h2*1-4H;. The first-order valence-electron chi connectivity index (χ1n) is 3.11. The molecule has 1 nitrogen and oxygen atoms in total. The lowest BCUT2D eigenvalue weighted by Gasteiger charge is -1.39. The summed E-state index contributed by atoms with van der Waals surface area (Å²) >= 11 is 6.26. The van der Waals surface area contributed by atoms with Gasteiger partial charge in [0.1, 0.15) is 0 Å². The van der Waals surface area contributed by atoms with E-state index in [1.54, 1.807) is 22.7 Å². The van der Waals surface area contributed by atoms with E-state index in [4.69, 9.17) is 4.21 Å². The summed E-state index contributed by atoms with van der Waals surface area (Å²) in [5.41, 5.74) is 0. The highest BCUT2D eigenvalue weighted by molar-refractivity contribution is 7.44. The molecule has 0 saturated heterocycles. The van der Waals surface area contributed by atoms with Crippen molar-refractivity contribution < 1.29 is 4.21 Å². The average Bonchev–Trinajstić information content (AvgIpc) is 2.87. The second-order valence-electron chi connectivity index (χ2n) is 1.59. The van der Waals surface area contributed by atoms with E-state index < -0.39 is 0 Å². The first kappa shape index (κ1) is 11.4. The highest BCUT2D eigenvalue weighted by Gasteiger charge is 1.59. The zero-order valence-electron chi connectivity index (χ0n) is 6.25. The largest absolute Gasteiger partial charge is 0.197 e. The molecule has 0 aliphatic carbocycles. The molecule has 2 aromatic rings. The van der Waals surface area contributed by atoms with E-state index in [0.29, 0.717) is 0 Å². The first-order valence-corrected chi connectivity index (χ1v) is 5.33. The minimum atomic E-state index is 1.71. The van der Waals surface area contributed by atoms with Crippen LogP contribution >= 0.6 is 22.7 Å². The Balaban J connectivity index is 0.000000168. The monoisotopic (exact) mass is 216 g/mol. The molecule has 0 fully saturated rings. The van der Waals surface area contributed by atoms with Gasteiger partial charge in [-0.25, -0.2) is 0 Å². The van der Waals surface area contributed by atoms with Crippen molar-refractivity contribution in [3.05, 3.63) is 45.8 Å². The predicted octanol–water partition coefficient (Wildman–Crippen LogP) is 3.16. The Bertz CT molecular complexity index is 166. The van der Waals surface area contributed by atoms with E-state index in [1.165, 1.54) is 0 Å². The highest BCUT2D eigenvalue weighted by Crippen LogP contribution is 1.92. The van der Waals surface area contributed by atoms with Gasteiger partial charge in [0.05, 0.1) is 0 Å². The van der Waals surface area contributed by atoms with Crippen molar-refractivity contribution in [3.63, 3.8) is 0 Å². The number of hydrogen-bond acceptors (Lipinski definition) is 4. The van der Waals surface area contributed by atoms with Gasteiger partial charge in [-0.2, -0.15) is 26.9 Å². The van der Waals surface area contributed by atoms with Crippen molar-refractivity contribution in [2.45, 2.75) is 0 Å². The van der Waals surface area contributed by atoms with Crippen LogP contribution in [-0.4, -0.2) is 4.21 Å². The van der Waals surface area contributed by atoms with E-state index >= 15 is 0 Å². The summed E-state index contributed by atoms with van der Waals surface area (Å²) in [5.74, 6) is 0. The van der Waals surface area contributed by atoms with Crippen molar-refractivity contribution >= 4 is 35.2 Å². The van der Waals surface area contributed by atoms with Crippen LogP contribution in [0.2, 0.25) is 0 Å². The van der Waals surface area contributed by atoms with Crippen LogP contribution in [0.1, 0.15) is 0 Å². The van der Waals surface area contributed by atoms with Gasteiger partial charge >= 0.3 is 0 Å². The minimum absolute atomic E-state index is 1.71. The zero-order chi connectivity index (χ0) is 9.07. The van der Waals surface area contributed by atoms with E-state index in [-0.39, 0.29) is 0 Å². The molecule has 0 saturated carbocycles. The molecule has 0 unspecified atom stereocenters. The van der Waals surface area contributed by atoms with Crippen molar-refractivity contribution in [1.29, 1.82) is 0 Å². The van der Waals surface area contributed by atoms with Gasteiger partial charge in [-0.15, -0.1) is 0 Å². The van der Waals surface area contributed by atoms with Gasteiger partial charge in [-0.05, 0) is 21.5 Å². The molecule has 0 aliphatic rings. The van der Waals surface area contributed by atoms with Gasteiger partial charge in [-0.3, -0.25) is 0 Å². The van der Waals surface area contributed by atoms with Crippen LogP contribution in [0.25, 0.3) is 0 Å². The third-order valence-electron chi connectivity index (χ3n) is 0.851. The quantitative estimate of drug-likeness (QED) is 0.673. The molecule has 0 bridgehead atoms. The van der Waals surface area contributed by atoms with E-state index in [1.807, 2.05) is 45.8 Å². The van der Waals surface area contributed by atoms with E-state index in [0.717, 1.165) is 0 Å². The summed E-state index contributed by atoms with van der Waals surface area (Å²) in [5, 5.41) is 8.17. The Kier molecular flexibility index (Phi) is 9.92. The Morgan fingerprint density at radius 1 is 0.667 bits per heavy atom. The van der Waals surface area contributed by atoms with Gasteiger partial charge in [0.2, 0.25) is 0 Å². The fraction of sp³-hybridized carbons (Fsp3) is 0. The van der Waals surface area contributed by atoms with E-state index in [9.17, 15) is 0 Å². The smallest absolute Gasteiger partial charge is 0.197 e. The Morgan fingerprint density at radius 2 is 0.917 bits per heavy atom. The summed E-state index contributed by atoms with van der Waals surface area (Å²) in [6.45, 7) is 0. The molecular formula is C8H8OS3. The summed E-state index contributed by atoms with van der Waals surface area (Å²) in [7, 11) is 0. The summed E-state index contributed by atoms with van der Waals surface area (Å²) in [6.07, 6.45) is 0. The van der Waals surface area contributed by atoms with Crippen molar-refractivity contribution in [3.8, 4) is 0 Å². The highest BCUT2D eigenvalue weighted by atomic mass is 32.1. The Morgan fingerprint density at radius 3 is 1.00 bits per heavy atom. The maximum absolute atomic E-state index is 7.83. The average molecular weight is 216 g/mol. The molecule has 0 spiro atoms. The normalized spacial score (nSPS) is 7.00. The molecule has 0 N–H and O–H groups in total. The Hall–Kier alpha value is -0.580. The minimum Gasteiger partial charge on any atom is -0.197 e. The SMILES string of the molecule is O=S.c1ccsc1.c1ccsc1. The molecule has 4 heteroatoms. The molecule has 0 amide bonds. The molecule has 2 aromatic heterocycles. The van der Waals surface area contributed by atoms with Gasteiger partial charge in [0, 0.05) is 0 Å². The lowest BCUT2D eigenvalue weighted by Crippen LogP contribution is -1.16. The van der Waals surface area contributed by atoms with Crippen molar-refractivity contribution in [2.24, 2.45) is 0 Å². The van der Waals surface area contributed by atoms with Crippen LogP contribution < -0.4 is 0 Å². The fourth-order valence-electron chi connectivity index (χ4n) is 0.454. The lowest BCUT2D eigenvalue weighted by molar-refractivity contribution is 0.702. The number of hydrogen-bond donors (Lipinski definition) is 0. The zero-order valence-corrected chi connectivity index (χ0v) is 8.70. The van der Waals surface area contributed by atoms with Crippen molar-refractivity contribution in [2.75, 3.05) is 0 Å². The lowest BCUT2D eigenvalue weighted by atomic mass is 10.7. The predicted molar refractivity (Wildman–Crippen MR) is 56.8 cm³/mol. The Labute approximate surface area is 85.2 Å². The summed E-state index contributed by atoms with van der Waals surface area (Å²) < 4.78 is 7.83. The van der Waals surface area contributed by atoms with Crippen molar-refractivity contribution in [1.82, 2.24) is 0 Å². The molecule has 2 heterocycles. The molecular weight excluding hydrogens is 208 g/mol. The van der Waals surface area contributed by atoms with Gasteiger partial charge in [0.25, 0.3) is 0 Å². The van der Waals surface area contributed by atoms with Crippen LogP contribution in [0.3, 0.4) is 0 Å². The third-order valence-corrected chi connectivity index (χ3v) is 2.11. The molecule has 0 radical (unpaired) electrons. The van der Waals surface area contributed by atoms with E-state index in [2.05, 4.69) is 12.5 Å². The third kappa shape index (κ3) is 7.53. The first-order chi connectivity index (χ1) is 6.00. The van der Waals surface area contributed by atoms with Gasteiger partial charge < -0.3 is 0 Å². The molecule has 0 aliphatic heterocycles. The van der Waals surface area contributed by atoms with Gasteiger partial charge in [0.15, 0.2) is 12.5 Å². The topological polar surface area (TPSA) is 17.1 Å². The van der Waals surface area contributed by atoms with Crippen LogP contribution in [-0.2, 0) is 12.5 Å². The van der Waals surface area contributed by atoms with Crippen LogP contribution in [0.4, 0.5) is 0 Å². The molecule has 0 atom stereocenters.